The smallest absolute Gasteiger partial charge is 0.226 e. The number of carbonyl (C=O) groups is 2. The normalized spacial score (nSPS) is 22.3. The molecule has 2 aromatic rings. The van der Waals surface area contributed by atoms with Crippen molar-refractivity contribution >= 4 is 11.8 Å². The summed E-state index contributed by atoms with van der Waals surface area (Å²) in [7, 11) is 0. The van der Waals surface area contributed by atoms with Gasteiger partial charge < -0.3 is 10.2 Å². The van der Waals surface area contributed by atoms with Crippen LogP contribution in [-0.2, 0) is 16.0 Å². The van der Waals surface area contributed by atoms with Gasteiger partial charge in [-0.15, -0.1) is 0 Å². The first-order valence-corrected chi connectivity index (χ1v) is 11.6. The quantitative estimate of drug-likeness (QED) is 0.740. The lowest BCUT2D eigenvalue weighted by atomic mass is 9.72. The maximum Gasteiger partial charge on any atom is 0.226 e. The summed E-state index contributed by atoms with van der Waals surface area (Å²) in [5.41, 5.74) is 3.10. The van der Waals surface area contributed by atoms with Gasteiger partial charge in [0.05, 0.1) is 5.41 Å². The number of hydrogen-bond acceptors (Lipinski definition) is 2. The van der Waals surface area contributed by atoms with Crippen molar-refractivity contribution in [3.63, 3.8) is 0 Å². The lowest BCUT2D eigenvalue weighted by molar-refractivity contribution is -0.141. The van der Waals surface area contributed by atoms with Gasteiger partial charge in [0.1, 0.15) is 0 Å². The number of likely N-dealkylation sites (tertiary alicyclic amines) is 1. The van der Waals surface area contributed by atoms with Crippen molar-refractivity contribution in [2.24, 2.45) is 17.3 Å². The van der Waals surface area contributed by atoms with E-state index in [2.05, 4.69) is 48.6 Å². The molecule has 0 bridgehead atoms. The number of rotatable bonds is 6. The molecule has 1 heterocycles. The SMILES string of the molecule is CC(C)NC(=O)C1(Cc2ccc(-c3ccccc3)cc2)CCN(C(=O)[C@@H]2C[C@@H]2C)CC1. The third-order valence-corrected chi connectivity index (χ3v) is 6.96. The molecule has 2 fully saturated rings. The maximum absolute atomic E-state index is 13.3. The Bertz CT molecular complexity index is 912. The Hall–Kier alpha value is -2.62. The Morgan fingerprint density at radius 1 is 1.00 bits per heavy atom. The van der Waals surface area contributed by atoms with Crippen LogP contribution in [0.25, 0.3) is 11.1 Å². The van der Waals surface area contributed by atoms with E-state index in [1.807, 2.05) is 36.9 Å². The van der Waals surface area contributed by atoms with Gasteiger partial charge in [0.2, 0.25) is 11.8 Å². The van der Waals surface area contributed by atoms with Gasteiger partial charge >= 0.3 is 0 Å². The van der Waals surface area contributed by atoms with Crippen LogP contribution in [0.15, 0.2) is 54.6 Å². The molecular formula is C27H34N2O2. The van der Waals surface area contributed by atoms with Crippen molar-refractivity contribution in [3.05, 3.63) is 60.2 Å². The van der Waals surface area contributed by atoms with Crippen LogP contribution in [0, 0.1) is 17.3 Å². The minimum Gasteiger partial charge on any atom is -0.353 e. The molecule has 4 rings (SSSR count). The maximum atomic E-state index is 13.3. The summed E-state index contributed by atoms with van der Waals surface area (Å²) in [6.07, 6.45) is 3.17. The zero-order chi connectivity index (χ0) is 22.0. The van der Waals surface area contributed by atoms with Crippen molar-refractivity contribution in [1.82, 2.24) is 10.2 Å². The third-order valence-electron chi connectivity index (χ3n) is 6.96. The first kappa shape index (κ1) is 21.6. The summed E-state index contributed by atoms with van der Waals surface area (Å²) in [6, 6.07) is 19.0. The zero-order valence-corrected chi connectivity index (χ0v) is 18.9. The summed E-state index contributed by atoms with van der Waals surface area (Å²) in [5.74, 6) is 1.15. The van der Waals surface area contributed by atoms with Crippen LogP contribution >= 0.6 is 0 Å². The fourth-order valence-corrected chi connectivity index (χ4v) is 4.79. The van der Waals surface area contributed by atoms with E-state index in [1.54, 1.807) is 0 Å². The molecule has 164 valence electrons. The summed E-state index contributed by atoms with van der Waals surface area (Å²) in [6.45, 7) is 7.51. The molecule has 0 aromatic heterocycles. The number of nitrogens with one attached hydrogen (secondary N) is 1. The lowest BCUT2D eigenvalue weighted by Gasteiger charge is -2.41. The fraction of sp³-hybridized carbons (Fsp3) is 0.481. The molecule has 1 N–H and O–H groups in total. The van der Waals surface area contributed by atoms with E-state index in [-0.39, 0.29) is 23.8 Å². The predicted molar refractivity (Wildman–Crippen MR) is 124 cm³/mol. The first-order chi connectivity index (χ1) is 14.9. The molecule has 2 amide bonds. The summed E-state index contributed by atoms with van der Waals surface area (Å²) >= 11 is 0. The third kappa shape index (κ3) is 4.84. The average molecular weight is 419 g/mol. The van der Waals surface area contributed by atoms with Gasteiger partial charge in [-0.2, -0.15) is 0 Å². The molecule has 2 atom stereocenters. The number of hydrogen-bond donors (Lipinski definition) is 1. The van der Waals surface area contributed by atoms with Crippen molar-refractivity contribution in [2.45, 2.75) is 52.5 Å². The molecule has 1 saturated carbocycles. The van der Waals surface area contributed by atoms with E-state index < -0.39 is 5.41 Å². The van der Waals surface area contributed by atoms with Gasteiger partial charge in [-0.1, -0.05) is 61.5 Å². The highest BCUT2D eigenvalue weighted by molar-refractivity contribution is 5.85. The monoisotopic (exact) mass is 418 g/mol. The first-order valence-electron chi connectivity index (χ1n) is 11.6. The highest BCUT2D eigenvalue weighted by atomic mass is 16.2. The van der Waals surface area contributed by atoms with E-state index in [9.17, 15) is 9.59 Å². The van der Waals surface area contributed by atoms with Crippen molar-refractivity contribution in [3.8, 4) is 11.1 Å². The second-order valence-electron chi connectivity index (χ2n) is 9.79. The molecule has 1 aliphatic carbocycles. The molecule has 4 nitrogen and oxygen atoms in total. The van der Waals surface area contributed by atoms with Crippen LogP contribution in [-0.4, -0.2) is 35.8 Å². The number of nitrogens with zero attached hydrogens (tertiary/aromatic N) is 1. The Labute approximate surface area is 186 Å². The van der Waals surface area contributed by atoms with Crippen LogP contribution in [0.4, 0.5) is 0 Å². The van der Waals surface area contributed by atoms with E-state index in [0.29, 0.717) is 25.4 Å². The molecule has 1 saturated heterocycles. The van der Waals surface area contributed by atoms with Crippen LogP contribution in [0.5, 0.6) is 0 Å². The molecule has 0 radical (unpaired) electrons. The van der Waals surface area contributed by atoms with Crippen molar-refractivity contribution in [1.29, 1.82) is 0 Å². The number of benzene rings is 2. The average Bonchev–Trinajstić information content (AvgIpc) is 3.51. The van der Waals surface area contributed by atoms with Crippen LogP contribution < -0.4 is 5.32 Å². The molecule has 1 aliphatic heterocycles. The minimum atomic E-state index is -0.454. The molecule has 31 heavy (non-hydrogen) atoms. The van der Waals surface area contributed by atoms with Gasteiger partial charge in [0.25, 0.3) is 0 Å². The highest BCUT2D eigenvalue weighted by Crippen LogP contribution is 2.42. The standard InChI is InChI=1S/C27H34N2O2/c1-19(2)28-26(31)27(13-15-29(16-14-27)25(30)24-17-20(24)3)18-21-9-11-23(12-10-21)22-7-5-4-6-8-22/h4-12,19-20,24H,13-18H2,1-3H3,(H,28,31)/t20-,24+/m0/s1. The van der Waals surface area contributed by atoms with Gasteiger partial charge in [-0.25, -0.2) is 0 Å². The second kappa shape index (κ2) is 8.86. The predicted octanol–water partition coefficient (Wildman–Crippen LogP) is 4.69. The van der Waals surface area contributed by atoms with Crippen LogP contribution in [0.2, 0.25) is 0 Å². The Balaban J connectivity index is 1.49. The van der Waals surface area contributed by atoms with Crippen molar-refractivity contribution < 1.29 is 9.59 Å². The zero-order valence-electron chi connectivity index (χ0n) is 18.9. The number of amides is 2. The van der Waals surface area contributed by atoms with E-state index in [0.717, 1.165) is 19.3 Å². The Kier molecular flexibility index (Phi) is 6.17. The summed E-state index contributed by atoms with van der Waals surface area (Å²) < 4.78 is 0. The molecule has 2 aromatic carbocycles. The Morgan fingerprint density at radius 2 is 1.58 bits per heavy atom. The number of carbonyl (C=O) groups excluding carboxylic acids is 2. The van der Waals surface area contributed by atoms with E-state index >= 15 is 0 Å². The summed E-state index contributed by atoms with van der Waals surface area (Å²) in [4.78, 5) is 28.0. The highest BCUT2D eigenvalue weighted by Gasteiger charge is 2.46. The van der Waals surface area contributed by atoms with Crippen molar-refractivity contribution in [2.75, 3.05) is 13.1 Å². The number of piperidine rings is 1. The molecule has 0 unspecified atom stereocenters. The molecule has 4 heteroatoms. The van der Waals surface area contributed by atoms with Gasteiger partial charge in [0, 0.05) is 25.0 Å². The minimum absolute atomic E-state index is 0.108. The molecular weight excluding hydrogens is 384 g/mol. The van der Waals surface area contributed by atoms with Gasteiger partial charge in [0.15, 0.2) is 0 Å². The molecule has 0 spiro atoms. The summed E-state index contributed by atoms with van der Waals surface area (Å²) in [5, 5.41) is 3.15. The van der Waals surface area contributed by atoms with E-state index in [4.69, 9.17) is 0 Å². The van der Waals surface area contributed by atoms with Crippen LogP contribution in [0.3, 0.4) is 0 Å². The topological polar surface area (TPSA) is 49.4 Å². The Morgan fingerprint density at radius 3 is 2.13 bits per heavy atom. The van der Waals surface area contributed by atoms with Gasteiger partial charge in [-0.05, 0) is 62.1 Å². The largest absolute Gasteiger partial charge is 0.353 e. The fourth-order valence-electron chi connectivity index (χ4n) is 4.79. The van der Waals surface area contributed by atoms with Crippen LogP contribution in [0.1, 0.15) is 45.6 Å². The van der Waals surface area contributed by atoms with Gasteiger partial charge in [-0.3, -0.25) is 9.59 Å². The lowest BCUT2D eigenvalue weighted by Crippen LogP contribution is -2.52. The van der Waals surface area contributed by atoms with E-state index in [1.165, 1.54) is 16.7 Å². The molecule has 2 aliphatic rings. The second-order valence-corrected chi connectivity index (χ2v) is 9.79.